The van der Waals surface area contributed by atoms with Crippen molar-refractivity contribution in [2.24, 2.45) is 5.84 Å². The van der Waals surface area contributed by atoms with Gasteiger partial charge in [-0.1, -0.05) is 12.1 Å². The van der Waals surface area contributed by atoms with E-state index in [1.807, 2.05) is 0 Å². The van der Waals surface area contributed by atoms with Crippen molar-refractivity contribution in [1.29, 1.82) is 0 Å². The van der Waals surface area contributed by atoms with Crippen molar-refractivity contribution < 1.29 is 13.9 Å². The summed E-state index contributed by atoms with van der Waals surface area (Å²) in [5, 5.41) is 0. The van der Waals surface area contributed by atoms with E-state index < -0.39 is 11.9 Å². The molecule has 21 heavy (non-hydrogen) atoms. The molecule has 2 rings (SSSR count). The van der Waals surface area contributed by atoms with E-state index in [0.29, 0.717) is 21.6 Å². The highest BCUT2D eigenvalue weighted by Crippen LogP contribution is 2.31. The van der Waals surface area contributed by atoms with Crippen molar-refractivity contribution in [2.45, 2.75) is 6.04 Å². The standard InChI is InChI=1S/C13H14BrFN4O2/c1-20-9-6-17-12(13(18-9)21-2)11(19-16)7-4-3-5-8(14)10(7)15/h3-6,11,19H,16H2,1-2H3. The van der Waals surface area contributed by atoms with E-state index in [4.69, 9.17) is 15.3 Å². The Morgan fingerprint density at radius 2 is 2.10 bits per heavy atom. The van der Waals surface area contributed by atoms with Crippen LogP contribution in [0.4, 0.5) is 4.39 Å². The predicted molar refractivity (Wildman–Crippen MR) is 78.4 cm³/mol. The highest BCUT2D eigenvalue weighted by molar-refractivity contribution is 9.10. The molecule has 8 heteroatoms. The lowest BCUT2D eigenvalue weighted by atomic mass is 10.0. The summed E-state index contributed by atoms with van der Waals surface area (Å²) in [4.78, 5) is 8.32. The molecule has 0 saturated carbocycles. The molecule has 0 fully saturated rings. The normalized spacial score (nSPS) is 12.0. The van der Waals surface area contributed by atoms with Gasteiger partial charge in [0.05, 0.1) is 30.9 Å². The van der Waals surface area contributed by atoms with Crippen LogP contribution in [0.3, 0.4) is 0 Å². The molecule has 0 aliphatic heterocycles. The van der Waals surface area contributed by atoms with Crippen LogP contribution in [-0.4, -0.2) is 24.2 Å². The first-order chi connectivity index (χ1) is 10.1. The number of benzene rings is 1. The number of hydrogen-bond acceptors (Lipinski definition) is 6. The zero-order valence-corrected chi connectivity index (χ0v) is 13.0. The number of nitrogens with two attached hydrogens (primary N) is 1. The molecular formula is C13H14BrFN4O2. The third kappa shape index (κ3) is 3.12. The molecule has 3 N–H and O–H groups in total. The largest absolute Gasteiger partial charge is 0.480 e. The maximum Gasteiger partial charge on any atom is 0.240 e. The molecule has 1 unspecified atom stereocenters. The van der Waals surface area contributed by atoms with Crippen molar-refractivity contribution in [1.82, 2.24) is 15.4 Å². The first kappa shape index (κ1) is 15.6. The third-order valence-corrected chi connectivity index (χ3v) is 3.49. The molecule has 1 aromatic carbocycles. The number of nitrogens with one attached hydrogen (secondary N) is 1. The Kier molecular flexibility index (Phi) is 5.05. The second-order valence-electron chi connectivity index (χ2n) is 4.05. The Morgan fingerprint density at radius 1 is 1.33 bits per heavy atom. The molecule has 1 atom stereocenters. The van der Waals surface area contributed by atoms with E-state index in [1.165, 1.54) is 20.4 Å². The Balaban J connectivity index is 2.53. The van der Waals surface area contributed by atoms with Gasteiger partial charge in [0.25, 0.3) is 0 Å². The first-order valence-electron chi connectivity index (χ1n) is 5.97. The molecule has 0 saturated heterocycles. The second-order valence-corrected chi connectivity index (χ2v) is 4.90. The summed E-state index contributed by atoms with van der Waals surface area (Å²) >= 11 is 3.14. The molecule has 0 aliphatic rings. The van der Waals surface area contributed by atoms with E-state index in [0.717, 1.165) is 0 Å². The van der Waals surface area contributed by atoms with Gasteiger partial charge in [0.15, 0.2) is 0 Å². The zero-order valence-electron chi connectivity index (χ0n) is 11.4. The topological polar surface area (TPSA) is 82.3 Å². The maximum absolute atomic E-state index is 14.2. The maximum atomic E-state index is 14.2. The number of rotatable bonds is 5. The predicted octanol–water partition coefficient (Wildman–Crippen LogP) is 1.95. The quantitative estimate of drug-likeness (QED) is 0.629. The van der Waals surface area contributed by atoms with Crippen LogP contribution < -0.4 is 20.7 Å². The second kappa shape index (κ2) is 6.79. The lowest BCUT2D eigenvalue weighted by molar-refractivity contribution is 0.352. The van der Waals surface area contributed by atoms with E-state index in [-0.39, 0.29) is 5.88 Å². The molecule has 1 heterocycles. The summed E-state index contributed by atoms with van der Waals surface area (Å²) in [6, 6.07) is 4.20. The lowest BCUT2D eigenvalue weighted by Crippen LogP contribution is -2.30. The van der Waals surface area contributed by atoms with Crippen LogP contribution in [0.25, 0.3) is 0 Å². The molecule has 0 bridgehead atoms. The Hall–Kier alpha value is -1.77. The van der Waals surface area contributed by atoms with Crippen molar-refractivity contribution in [3.63, 3.8) is 0 Å². The molecule has 112 valence electrons. The minimum Gasteiger partial charge on any atom is -0.480 e. The molecule has 0 radical (unpaired) electrons. The van der Waals surface area contributed by atoms with Crippen molar-refractivity contribution in [3.8, 4) is 11.8 Å². The third-order valence-electron chi connectivity index (χ3n) is 2.88. The van der Waals surface area contributed by atoms with Crippen LogP contribution >= 0.6 is 15.9 Å². The first-order valence-corrected chi connectivity index (χ1v) is 6.76. The van der Waals surface area contributed by atoms with E-state index in [9.17, 15) is 4.39 Å². The number of hydrazine groups is 1. The molecule has 1 aromatic heterocycles. The molecular weight excluding hydrogens is 343 g/mol. The average Bonchev–Trinajstić information content (AvgIpc) is 2.52. The van der Waals surface area contributed by atoms with E-state index >= 15 is 0 Å². The summed E-state index contributed by atoms with van der Waals surface area (Å²) < 4.78 is 24.7. The number of methoxy groups -OCH3 is 2. The summed E-state index contributed by atoms with van der Waals surface area (Å²) in [6.45, 7) is 0. The summed E-state index contributed by atoms with van der Waals surface area (Å²) in [5.41, 5.74) is 3.21. The van der Waals surface area contributed by atoms with Crippen LogP contribution in [0.2, 0.25) is 0 Å². The van der Waals surface area contributed by atoms with Crippen molar-refractivity contribution >= 4 is 15.9 Å². The number of hydrogen-bond donors (Lipinski definition) is 2. The summed E-state index contributed by atoms with van der Waals surface area (Å²) in [7, 11) is 2.91. The van der Waals surface area contributed by atoms with Gasteiger partial charge in [0.1, 0.15) is 11.5 Å². The van der Waals surface area contributed by atoms with Gasteiger partial charge in [-0.25, -0.2) is 14.8 Å². The highest BCUT2D eigenvalue weighted by Gasteiger charge is 2.24. The minimum atomic E-state index is -0.712. The number of nitrogens with zero attached hydrogens (tertiary/aromatic N) is 2. The van der Waals surface area contributed by atoms with E-state index in [2.05, 4.69) is 31.3 Å². The van der Waals surface area contributed by atoms with Crippen molar-refractivity contribution in [3.05, 3.63) is 45.9 Å². The van der Waals surface area contributed by atoms with Gasteiger partial charge in [0, 0.05) is 5.56 Å². The van der Waals surface area contributed by atoms with Gasteiger partial charge in [-0.15, -0.1) is 0 Å². The van der Waals surface area contributed by atoms with Crippen LogP contribution in [0.1, 0.15) is 17.3 Å². The Bertz CT molecular complexity index is 642. The number of aromatic nitrogens is 2. The monoisotopic (exact) mass is 356 g/mol. The van der Waals surface area contributed by atoms with Crippen molar-refractivity contribution in [2.75, 3.05) is 14.2 Å². The fraction of sp³-hybridized carbons (Fsp3) is 0.231. The van der Waals surface area contributed by atoms with E-state index in [1.54, 1.807) is 18.2 Å². The minimum absolute atomic E-state index is 0.205. The van der Waals surface area contributed by atoms with Gasteiger partial charge in [-0.05, 0) is 22.0 Å². The smallest absolute Gasteiger partial charge is 0.240 e. The molecule has 0 spiro atoms. The van der Waals surface area contributed by atoms with Gasteiger partial charge in [0.2, 0.25) is 11.8 Å². The summed E-state index contributed by atoms with van der Waals surface area (Å²) in [6.07, 6.45) is 1.41. The fourth-order valence-electron chi connectivity index (χ4n) is 1.87. The molecule has 2 aromatic rings. The van der Waals surface area contributed by atoms with Gasteiger partial charge < -0.3 is 9.47 Å². The Morgan fingerprint density at radius 3 is 2.71 bits per heavy atom. The molecule has 0 amide bonds. The van der Waals surface area contributed by atoms with Gasteiger partial charge >= 0.3 is 0 Å². The van der Waals surface area contributed by atoms with Crippen LogP contribution in [-0.2, 0) is 0 Å². The van der Waals surface area contributed by atoms with Gasteiger partial charge in [-0.2, -0.15) is 4.98 Å². The lowest BCUT2D eigenvalue weighted by Gasteiger charge is -2.19. The SMILES string of the molecule is COc1cnc(C(NN)c2cccc(Br)c2F)c(OC)n1. The molecule has 6 nitrogen and oxygen atoms in total. The van der Waals surface area contributed by atoms with Gasteiger partial charge in [-0.3, -0.25) is 5.84 Å². The average molecular weight is 357 g/mol. The molecule has 0 aliphatic carbocycles. The highest BCUT2D eigenvalue weighted by atomic mass is 79.9. The zero-order chi connectivity index (χ0) is 15.4. The fourth-order valence-corrected chi connectivity index (χ4v) is 2.25. The van der Waals surface area contributed by atoms with Crippen LogP contribution in [0.5, 0.6) is 11.8 Å². The number of halogens is 2. The Labute approximate surface area is 129 Å². The number of ether oxygens (including phenoxy) is 2. The van der Waals surface area contributed by atoms with Crippen LogP contribution in [0, 0.1) is 5.82 Å². The summed E-state index contributed by atoms with van der Waals surface area (Å²) in [5.74, 6) is 5.63. The van der Waals surface area contributed by atoms with Crippen LogP contribution in [0.15, 0.2) is 28.9 Å².